The van der Waals surface area contributed by atoms with Gasteiger partial charge in [-0.15, -0.1) is 11.3 Å². The molecule has 24 heavy (non-hydrogen) atoms. The number of thiazole rings is 1. The van der Waals surface area contributed by atoms with E-state index >= 15 is 0 Å². The minimum atomic E-state index is -0.158. The van der Waals surface area contributed by atoms with Crippen LogP contribution >= 0.6 is 11.3 Å². The topological polar surface area (TPSA) is 63.7 Å². The summed E-state index contributed by atoms with van der Waals surface area (Å²) in [6.07, 6.45) is 0. The molecule has 0 aliphatic carbocycles. The van der Waals surface area contributed by atoms with Crippen LogP contribution in [0, 0.1) is 0 Å². The van der Waals surface area contributed by atoms with Crippen LogP contribution in [0.25, 0.3) is 0 Å². The summed E-state index contributed by atoms with van der Waals surface area (Å²) < 4.78 is 11.2. The summed E-state index contributed by atoms with van der Waals surface area (Å²) in [4.78, 5) is 18.2. The van der Waals surface area contributed by atoms with Gasteiger partial charge in [0.2, 0.25) is 0 Å². The van der Waals surface area contributed by atoms with Crippen molar-refractivity contribution in [3.05, 3.63) is 46.4 Å². The average Bonchev–Trinajstić information content (AvgIpc) is 3.16. The fourth-order valence-corrected chi connectivity index (χ4v) is 2.99. The van der Waals surface area contributed by atoms with E-state index in [0.717, 1.165) is 44.2 Å². The van der Waals surface area contributed by atoms with Gasteiger partial charge in [-0.3, -0.25) is 9.69 Å². The number of aromatic nitrogens is 1. The van der Waals surface area contributed by atoms with Crippen molar-refractivity contribution in [2.24, 2.45) is 0 Å². The molecule has 1 aliphatic heterocycles. The first-order valence-electron chi connectivity index (χ1n) is 7.99. The zero-order valence-electron chi connectivity index (χ0n) is 13.4. The van der Waals surface area contributed by atoms with E-state index in [-0.39, 0.29) is 5.91 Å². The van der Waals surface area contributed by atoms with Crippen molar-refractivity contribution in [3.8, 4) is 5.75 Å². The molecule has 0 unspecified atom stereocenters. The van der Waals surface area contributed by atoms with Gasteiger partial charge >= 0.3 is 0 Å². The fraction of sp³-hybridized carbons (Fsp3) is 0.412. The van der Waals surface area contributed by atoms with Crippen molar-refractivity contribution in [1.82, 2.24) is 15.2 Å². The van der Waals surface area contributed by atoms with E-state index in [1.165, 1.54) is 11.3 Å². The summed E-state index contributed by atoms with van der Waals surface area (Å²) in [5.41, 5.74) is 3.11. The van der Waals surface area contributed by atoms with Crippen LogP contribution in [0.5, 0.6) is 5.75 Å². The molecule has 3 rings (SSSR count). The van der Waals surface area contributed by atoms with Crippen molar-refractivity contribution in [2.75, 3.05) is 39.5 Å². The van der Waals surface area contributed by atoms with Crippen molar-refractivity contribution < 1.29 is 14.3 Å². The van der Waals surface area contributed by atoms with Crippen LogP contribution in [0.1, 0.15) is 16.1 Å². The van der Waals surface area contributed by atoms with Crippen molar-refractivity contribution in [1.29, 1.82) is 0 Å². The zero-order chi connectivity index (χ0) is 16.6. The Bertz CT molecular complexity index is 642. The number of carbonyl (C=O) groups is 1. The molecule has 0 spiro atoms. The molecule has 1 aromatic carbocycles. The summed E-state index contributed by atoms with van der Waals surface area (Å²) in [7, 11) is 0. The van der Waals surface area contributed by atoms with Gasteiger partial charge in [-0.1, -0.05) is 12.1 Å². The normalized spacial score (nSPS) is 15.2. The van der Waals surface area contributed by atoms with E-state index in [1.807, 2.05) is 24.3 Å². The van der Waals surface area contributed by atoms with Crippen LogP contribution in [-0.4, -0.2) is 55.2 Å². The molecule has 128 valence electrons. The number of hydrogen-bond acceptors (Lipinski definition) is 6. The number of nitrogens with zero attached hydrogens (tertiary/aromatic N) is 2. The first kappa shape index (κ1) is 16.9. The summed E-state index contributed by atoms with van der Waals surface area (Å²) in [5.74, 6) is 0.665. The van der Waals surface area contributed by atoms with Crippen molar-refractivity contribution in [2.45, 2.75) is 6.54 Å². The minimum Gasteiger partial charge on any atom is -0.492 e. The van der Waals surface area contributed by atoms with E-state index < -0.39 is 0 Å². The first-order valence-corrected chi connectivity index (χ1v) is 8.94. The largest absolute Gasteiger partial charge is 0.492 e. The van der Waals surface area contributed by atoms with E-state index in [4.69, 9.17) is 9.47 Å². The number of benzene rings is 1. The molecule has 1 aromatic heterocycles. The Labute approximate surface area is 145 Å². The SMILES string of the molecule is O=C(NCc1cccc(OCCN2CCOCC2)c1)c1cscn1. The molecule has 1 saturated heterocycles. The molecule has 6 nitrogen and oxygen atoms in total. The predicted molar refractivity (Wildman–Crippen MR) is 92.5 cm³/mol. The number of amides is 1. The van der Waals surface area contributed by atoms with Crippen LogP contribution < -0.4 is 10.1 Å². The van der Waals surface area contributed by atoms with E-state index in [2.05, 4.69) is 15.2 Å². The second-order valence-electron chi connectivity index (χ2n) is 5.51. The van der Waals surface area contributed by atoms with Crippen LogP contribution in [0.4, 0.5) is 0 Å². The lowest BCUT2D eigenvalue weighted by Crippen LogP contribution is -2.38. The number of rotatable bonds is 7. The highest BCUT2D eigenvalue weighted by Crippen LogP contribution is 2.13. The van der Waals surface area contributed by atoms with E-state index in [1.54, 1.807) is 10.9 Å². The molecule has 0 radical (unpaired) electrons. The Balaban J connectivity index is 1.44. The molecule has 7 heteroatoms. The maximum absolute atomic E-state index is 11.9. The fourth-order valence-electron chi connectivity index (χ4n) is 2.46. The second kappa shape index (κ2) is 8.77. The van der Waals surface area contributed by atoms with Gasteiger partial charge in [0.05, 0.1) is 18.7 Å². The maximum atomic E-state index is 11.9. The quantitative estimate of drug-likeness (QED) is 0.827. The molecule has 1 aliphatic rings. The Morgan fingerprint density at radius 3 is 3.04 bits per heavy atom. The highest BCUT2D eigenvalue weighted by molar-refractivity contribution is 7.07. The van der Waals surface area contributed by atoms with Gasteiger partial charge in [-0.05, 0) is 17.7 Å². The standard InChI is InChI=1S/C17H21N3O3S/c21-17(16-12-24-13-19-16)18-11-14-2-1-3-15(10-14)23-9-6-20-4-7-22-8-5-20/h1-3,10,12-13H,4-9,11H2,(H,18,21). The molecule has 2 aromatic rings. The van der Waals surface area contributed by atoms with Crippen molar-refractivity contribution >= 4 is 17.2 Å². The van der Waals surface area contributed by atoms with Crippen LogP contribution in [0.2, 0.25) is 0 Å². The lowest BCUT2D eigenvalue weighted by molar-refractivity contribution is 0.0322. The van der Waals surface area contributed by atoms with Gasteiger partial charge in [0.25, 0.3) is 5.91 Å². The molecule has 1 N–H and O–H groups in total. The number of nitrogens with one attached hydrogen (secondary N) is 1. The number of hydrogen-bond donors (Lipinski definition) is 1. The summed E-state index contributed by atoms with van der Waals surface area (Å²) in [6, 6.07) is 7.80. The summed E-state index contributed by atoms with van der Waals surface area (Å²) in [6.45, 7) is 5.53. The van der Waals surface area contributed by atoms with Gasteiger partial charge in [0.15, 0.2) is 0 Å². The second-order valence-corrected chi connectivity index (χ2v) is 6.22. The van der Waals surface area contributed by atoms with Gasteiger partial charge in [-0.25, -0.2) is 4.98 Å². The Morgan fingerprint density at radius 1 is 1.38 bits per heavy atom. The van der Waals surface area contributed by atoms with Crippen LogP contribution in [-0.2, 0) is 11.3 Å². The van der Waals surface area contributed by atoms with E-state index in [0.29, 0.717) is 18.8 Å². The van der Waals surface area contributed by atoms with Crippen LogP contribution in [0.15, 0.2) is 35.2 Å². The van der Waals surface area contributed by atoms with Gasteiger partial charge in [-0.2, -0.15) is 0 Å². The van der Waals surface area contributed by atoms with E-state index in [9.17, 15) is 4.79 Å². The number of carbonyl (C=O) groups excluding carboxylic acids is 1. The van der Waals surface area contributed by atoms with Gasteiger partial charge < -0.3 is 14.8 Å². The molecule has 0 bridgehead atoms. The Kier molecular flexibility index (Phi) is 6.17. The van der Waals surface area contributed by atoms with Crippen molar-refractivity contribution in [3.63, 3.8) is 0 Å². The molecule has 2 heterocycles. The monoisotopic (exact) mass is 347 g/mol. The third-order valence-electron chi connectivity index (χ3n) is 3.80. The highest BCUT2D eigenvalue weighted by Gasteiger charge is 2.10. The summed E-state index contributed by atoms with van der Waals surface area (Å²) >= 11 is 1.41. The predicted octanol–water partition coefficient (Wildman–Crippen LogP) is 1.78. The molecule has 1 fully saturated rings. The number of morpholine rings is 1. The van der Waals surface area contributed by atoms with Gasteiger partial charge in [0.1, 0.15) is 18.1 Å². The Morgan fingerprint density at radius 2 is 2.25 bits per heavy atom. The van der Waals surface area contributed by atoms with Crippen LogP contribution in [0.3, 0.4) is 0 Å². The number of ether oxygens (including phenoxy) is 2. The lowest BCUT2D eigenvalue weighted by Gasteiger charge is -2.26. The highest BCUT2D eigenvalue weighted by atomic mass is 32.1. The van der Waals surface area contributed by atoms with Gasteiger partial charge in [0, 0.05) is 31.6 Å². The third-order valence-corrected chi connectivity index (χ3v) is 4.38. The molecule has 0 atom stereocenters. The average molecular weight is 347 g/mol. The smallest absolute Gasteiger partial charge is 0.271 e. The first-order chi connectivity index (χ1) is 11.8. The molecule has 0 saturated carbocycles. The lowest BCUT2D eigenvalue weighted by atomic mass is 10.2. The Hall–Kier alpha value is -1.96. The minimum absolute atomic E-state index is 0.158. The zero-order valence-corrected chi connectivity index (χ0v) is 14.3. The summed E-state index contributed by atoms with van der Waals surface area (Å²) in [5, 5.41) is 4.60. The maximum Gasteiger partial charge on any atom is 0.271 e. The molecular weight excluding hydrogens is 326 g/mol. The molecular formula is C17H21N3O3S. The molecule has 1 amide bonds. The third kappa shape index (κ3) is 5.02.